The minimum absolute atomic E-state index is 0.359. The van der Waals surface area contributed by atoms with Crippen LogP contribution >= 0.6 is 0 Å². The number of hydrogen-bond donors (Lipinski definition) is 0. The van der Waals surface area contributed by atoms with Crippen LogP contribution in [0.25, 0.3) is 0 Å². The third-order valence-electron chi connectivity index (χ3n) is 3.63. The number of amides is 1. The molecule has 1 saturated heterocycles. The number of nitrogens with zero attached hydrogens (tertiary/aromatic N) is 2. The third kappa shape index (κ3) is 3.08. The molecule has 0 aromatic heterocycles. The highest BCUT2D eigenvalue weighted by molar-refractivity contribution is 5.76. The lowest BCUT2D eigenvalue weighted by Crippen LogP contribution is -2.28. The van der Waals surface area contributed by atoms with Crippen molar-refractivity contribution in [2.75, 3.05) is 33.2 Å². The summed E-state index contributed by atoms with van der Waals surface area (Å²) in [6.45, 7) is 4.16. The first-order chi connectivity index (χ1) is 7.75. The summed E-state index contributed by atoms with van der Waals surface area (Å²) in [5.74, 6) is 0.359. The van der Waals surface area contributed by atoms with Crippen LogP contribution in [-0.4, -0.2) is 48.9 Å². The van der Waals surface area contributed by atoms with Gasteiger partial charge in [0, 0.05) is 32.6 Å². The first-order valence-electron chi connectivity index (χ1n) is 6.40. The predicted molar refractivity (Wildman–Crippen MR) is 65.2 cm³/mol. The predicted octanol–water partition coefficient (Wildman–Crippen LogP) is 1.65. The number of likely N-dealkylation sites (tertiary alicyclic amines) is 1. The van der Waals surface area contributed by atoms with E-state index in [-0.39, 0.29) is 0 Å². The number of hydrogen-bond acceptors (Lipinski definition) is 2. The summed E-state index contributed by atoms with van der Waals surface area (Å²) in [5, 5.41) is 0. The Balaban J connectivity index is 1.72. The molecular weight excluding hydrogens is 200 g/mol. The van der Waals surface area contributed by atoms with E-state index in [1.54, 1.807) is 0 Å². The van der Waals surface area contributed by atoms with Gasteiger partial charge in [-0.2, -0.15) is 0 Å². The minimum Gasteiger partial charge on any atom is -0.343 e. The van der Waals surface area contributed by atoms with Crippen molar-refractivity contribution < 1.29 is 4.79 Å². The molecule has 0 radical (unpaired) electrons. The molecule has 0 N–H and O–H groups in total. The Morgan fingerprint density at radius 2 is 2.06 bits per heavy atom. The van der Waals surface area contributed by atoms with Crippen LogP contribution in [0.1, 0.15) is 32.1 Å². The van der Waals surface area contributed by atoms with Gasteiger partial charge in [-0.05, 0) is 32.7 Å². The minimum atomic E-state index is 0.359. The Hall–Kier alpha value is -0.830. The number of carbonyl (C=O) groups is 1. The van der Waals surface area contributed by atoms with Gasteiger partial charge in [-0.1, -0.05) is 11.6 Å². The van der Waals surface area contributed by atoms with Crippen LogP contribution < -0.4 is 0 Å². The van der Waals surface area contributed by atoms with Crippen LogP contribution in [0, 0.1) is 0 Å². The first kappa shape index (κ1) is 11.6. The number of carbonyl (C=O) groups excluding carboxylic acids is 1. The van der Waals surface area contributed by atoms with Crippen LogP contribution in [0.15, 0.2) is 11.6 Å². The van der Waals surface area contributed by atoms with Gasteiger partial charge in [-0.3, -0.25) is 4.79 Å². The van der Waals surface area contributed by atoms with Gasteiger partial charge in [0.15, 0.2) is 0 Å². The summed E-state index contributed by atoms with van der Waals surface area (Å²) in [4.78, 5) is 16.2. The molecule has 0 aliphatic carbocycles. The lowest BCUT2D eigenvalue weighted by Gasteiger charge is -2.22. The highest BCUT2D eigenvalue weighted by atomic mass is 16.2. The SMILES string of the molecule is CN1CC=C(CCC(=O)N2CCCC2)CC1. The molecule has 3 heteroatoms. The molecule has 90 valence electrons. The van der Waals surface area contributed by atoms with Crippen molar-refractivity contribution in [3.05, 3.63) is 11.6 Å². The maximum absolute atomic E-state index is 11.8. The zero-order chi connectivity index (χ0) is 11.4. The smallest absolute Gasteiger partial charge is 0.222 e. The van der Waals surface area contributed by atoms with Gasteiger partial charge in [0.1, 0.15) is 0 Å². The monoisotopic (exact) mass is 222 g/mol. The Kier molecular flexibility index (Phi) is 3.99. The molecule has 1 fully saturated rings. The zero-order valence-corrected chi connectivity index (χ0v) is 10.2. The average Bonchev–Trinajstić information content (AvgIpc) is 2.81. The van der Waals surface area contributed by atoms with Gasteiger partial charge in [0.2, 0.25) is 5.91 Å². The highest BCUT2D eigenvalue weighted by Crippen LogP contribution is 2.17. The maximum atomic E-state index is 11.8. The molecule has 0 atom stereocenters. The number of rotatable bonds is 3. The normalized spacial score (nSPS) is 22.3. The van der Waals surface area contributed by atoms with Gasteiger partial charge in [-0.15, -0.1) is 0 Å². The fourth-order valence-corrected chi connectivity index (χ4v) is 2.43. The molecule has 0 bridgehead atoms. The standard InChI is InChI=1S/C13H22N2O/c1-14-10-6-12(7-11-14)4-5-13(16)15-8-2-3-9-15/h6H,2-5,7-11H2,1H3. The van der Waals surface area contributed by atoms with E-state index in [1.165, 1.54) is 18.4 Å². The van der Waals surface area contributed by atoms with Gasteiger partial charge in [0.05, 0.1) is 0 Å². The molecule has 2 heterocycles. The van der Waals surface area contributed by atoms with E-state index in [4.69, 9.17) is 0 Å². The molecular formula is C13H22N2O. The lowest BCUT2D eigenvalue weighted by atomic mass is 10.0. The van der Waals surface area contributed by atoms with Crippen molar-refractivity contribution in [3.8, 4) is 0 Å². The van der Waals surface area contributed by atoms with E-state index in [2.05, 4.69) is 18.0 Å². The largest absolute Gasteiger partial charge is 0.343 e. The molecule has 2 aliphatic rings. The molecule has 3 nitrogen and oxygen atoms in total. The lowest BCUT2D eigenvalue weighted by molar-refractivity contribution is -0.130. The van der Waals surface area contributed by atoms with E-state index in [0.717, 1.165) is 45.4 Å². The molecule has 1 amide bonds. The van der Waals surface area contributed by atoms with E-state index < -0.39 is 0 Å². The van der Waals surface area contributed by atoms with Crippen LogP contribution in [0.3, 0.4) is 0 Å². The fraction of sp³-hybridized carbons (Fsp3) is 0.769. The van der Waals surface area contributed by atoms with Crippen molar-refractivity contribution in [2.45, 2.75) is 32.1 Å². The molecule has 2 aliphatic heterocycles. The Labute approximate surface area is 98.1 Å². The summed E-state index contributed by atoms with van der Waals surface area (Å²) in [6, 6.07) is 0. The second-order valence-electron chi connectivity index (χ2n) is 4.96. The van der Waals surface area contributed by atoms with Crippen molar-refractivity contribution in [1.29, 1.82) is 0 Å². The van der Waals surface area contributed by atoms with Gasteiger partial charge in [-0.25, -0.2) is 0 Å². The molecule has 16 heavy (non-hydrogen) atoms. The van der Waals surface area contributed by atoms with Gasteiger partial charge in [0.25, 0.3) is 0 Å². The van der Waals surface area contributed by atoms with E-state index in [0.29, 0.717) is 5.91 Å². The van der Waals surface area contributed by atoms with E-state index in [9.17, 15) is 4.79 Å². The van der Waals surface area contributed by atoms with Crippen LogP contribution in [0.4, 0.5) is 0 Å². The molecule has 0 aromatic rings. The van der Waals surface area contributed by atoms with Crippen molar-refractivity contribution in [2.24, 2.45) is 0 Å². The summed E-state index contributed by atoms with van der Waals surface area (Å²) in [5.41, 5.74) is 1.48. The summed E-state index contributed by atoms with van der Waals surface area (Å²) < 4.78 is 0. The molecule has 0 unspecified atom stereocenters. The van der Waals surface area contributed by atoms with Crippen molar-refractivity contribution in [1.82, 2.24) is 9.80 Å². The second kappa shape index (κ2) is 5.48. The first-order valence-corrected chi connectivity index (χ1v) is 6.40. The van der Waals surface area contributed by atoms with Crippen molar-refractivity contribution >= 4 is 5.91 Å². The topological polar surface area (TPSA) is 23.6 Å². The number of likely N-dealkylation sites (N-methyl/N-ethyl adjacent to an activating group) is 1. The second-order valence-corrected chi connectivity index (χ2v) is 4.96. The summed E-state index contributed by atoms with van der Waals surface area (Å²) in [7, 11) is 2.14. The summed E-state index contributed by atoms with van der Waals surface area (Å²) >= 11 is 0. The van der Waals surface area contributed by atoms with Crippen LogP contribution in [0.5, 0.6) is 0 Å². The quantitative estimate of drug-likeness (QED) is 0.678. The summed E-state index contributed by atoms with van der Waals surface area (Å²) in [6.07, 6.45) is 7.52. The van der Waals surface area contributed by atoms with Gasteiger partial charge >= 0.3 is 0 Å². The zero-order valence-electron chi connectivity index (χ0n) is 10.2. The third-order valence-corrected chi connectivity index (χ3v) is 3.63. The van der Waals surface area contributed by atoms with Crippen LogP contribution in [-0.2, 0) is 4.79 Å². The Morgan fingerprint density at radius 1 is 1.31 bits per heavy atom. The molecule has 2 rings (SSSR count). The van der Waals surface area contributed by atoms with Crippen LogP contribution in [0.2, 0.25) is 0 Å². The van der Waals surface area contributed by atoms with Crippen molar-refractivity contribution in [3.63, 3.8) is 0 Å². The van der Waals surface area contributed by atoms with E-state index >= 15 is 0 Å². The van der Waals surface area contributed by atoms with E-state index in [1.807, 2.05) is 4.90 Å². The highest BCUT2D eigenvalue weighted by Gasteiger charge is 2.18. The Bertz CT molecular complexity index is 280. The molecule has 0 aromatic carbocycles. The molecule has 0 saturated carbocycles. The Morgan fingerprint density at radius 3 is 2.69 bits per heavy atom. The average molecular weight is 222 g/mol. The maximum Gasteiger partial charge on any atom is 0.222 e. The molecule has 0 spiro atoms. The fourth-order valence-electron chi connectivity index (χ4n) is 2.43. The van der Waals surface area contributed by atoms with Gasteiger partial charge < -0.3 is 9.80 Å².